The number of aliphatic hydroxyl groups excluding tert-OH is 2. The van der Waals surface area contributed by atoms with Crippen LogP contribution >= 0.6 is 0 Å². The molecule has 1 heterocycles. The lowest BCUT2D eigenvalue weighted by Crippen LogP contribution is -2.62. The van der Waals surface area contributed by atoms with E-state index in [0.717, 1.165) is 25.7 Å². The molecule has 0 aromatic heterocycles. The van der Waals surface area contributed by atoms with Gasteiger partial charge in [-0.05, 0) is 141 Å². The first kappa shape index (κ1) is 73.0. The summed E-state index contributed by atoms with van der Waals surface area (Å²) in [4.78, 5) is 154. The molecule has 29 heteroatoms. The third-order valence-electron chi connectivity index (χ3n) is 14.5. The van der Waals surface area contributed by atoms with E-state index >= 15 is 0 Å². The van der Waals surface area contributed by atoms with Crippen molar-refractivity contribution in [2.45, 2.75) is 211 Å². The molecule has 0 unspecified atom stereocenters. The maximum atomic E-state index is 14.5. The van der Waals surface area contributed by atoms with E-state index in [1.807, 2.05) is 0 Å². The van der Waals surface area contributed by atoms with Crippen molar-refractivity contribution in [1.29, 1.82) is 0 Å². The summed E-state index contributed by atoms with van der Waals surface area (Å²) in [7, 11) is 0. The Morgan fingerprint density at radius 1 is 0.506 bits per heavy atom. The van der Waals surface area contributed by atoms with Crippen LogP contribution in [0, 0.1) is 23.7 Å². The average Bonchev–Trinajstić information content (AvgIpc) is 3.47. The number of carbonyl (C=O) groups is 11. The number of rotatable bonds is 26. The van der Waals surface area contributed by atoms with Crippen LogP contribution in [-0.4, -0.2) is 187 Å². The van der Waals surface area contributed by atoms with Crippen molar-refractivity contribution in [2.24, 2.45) is 52.3 Å². The van der Waals surface area contributed by atoms with Gasteiger partial charge in [0, 0.05) is 12.5 Å². The quantitative estimate of drug-likeness (QED) is 0.0384. The molecule has 0 aromatic carbocycles. The van der Waals surface area contributed by atoms with E-state index in [1.165, 1.54) is 13.8 Å². The molecule has 12 atom stereocenters. The minimum atomic E-state index is -1.69. The number of amides is 11. The van der Waals surface area contributed by atoms with Crippen molar-refractivity contribution >= 4 is 65.0 Å². The van der Waals surface area contributed by atoms with E-state index in [-0.39, 0.29) is 101 Å². The Balaban J connectivity index is 2.62. The topological polar surface area (TPSA) is 491 Å². The van der Waals surface area contributed by atoms with Crippen LogP contribution in [0.3, 0.4) is 0 Å². The molecule has 0 bridgehead atoms. The van der Waals surface area contributed by atoms with Gasteiger partial charge in [0.1, 0.15) is 60.4 Å². The molecular weight excluding hydrogens is 1080 g/mol. The van der Waals surface area contributed by atoms with E-state index in [2.05, 4.69) is 65.4 Å². The first-order valence-corrected chi connectivity index (χ1v) is 29.4. The van der Waals surface area contributed by atoms with Crippen LogP contribution in [0.5, 0.6) is 0 Å². The highest BCUT2D eigenvalue weighted by molar-refractivity contribution is 5.99. The molecule has 474 valence electrons. The van der Waals surface area contributed by atoms with Gasteiger partial charge in [0.25, 0.3) is 0 Å². The fourth-order valence-electron chi connectivity index (χ4n) is 9.93. The van der Waals surface area contributed by atoms with Crippen LogP contribution < -0.4 is 87.2 Å². The Labute approximate surface area is 487 Å². The number of aliphatic hydroxyl groups is 2. The molecule has 1 aliphatic heterocycles. The smallest absolute Gasteiger partial charge is 0.245 e. The number of nitrogens with two attached hydrogens (primary N) is 5. The van der Waals surface area contributed by atoms with Crippen molar-refractivity contribution in [2.75, 3.05) is 39.3 Å². The summed E-state index contributed by atoms with van der Waals surface area (Å²) in [5.74, 6) is -9.65. The van der Waals surface area contributed by atoms with Gasteiger partial charge >= 0.3 is 0 Å². The van der Waals surface area contributed by atoms with E-state index in [0.29, 0.717) is 18.8 Å². The first-order valence-electron chi connectivity index (χ1n) is 29.4. The zero-order valence-corrected chi connectivity index (χ0v) is 49.7. The van der Waals surface area contributed by atoms with Gasteiger partial charge in [-0.2, -0.15) is 0 Å². The van der Waals surface area contributed by atoms with Gasteiger partial charge in [0.05, 0.1) is 12.2 Å². The fraction of sp³-hybridized carbons (Fsp3) is 0.796. The molecule has 0 spiro atoms. The van der Waals surface area contributed by atoms with Crippen molar-refractivity contribution in [3.63, 3.8) is 0 Å². The summed E-state index contributed by atoms with van der Waals surface area (Å²) in [6.45, 7) is 10.6. The fourth-order valence-corrected chi connectivity index (χ4v) is 9.93. The van der Waals surface area contributed by atoms with E-state index in [4.69, 9.17) is 28.7 Å². The first-order chi connectivity index (χ1) is 39.2. The van der Waals surface area contributed by atoms with Crippen molar-refractivity contribution < 1.29 is 63.0 Å². The molecule has 1 aliphatic carbocycles. The summed E-state index contributed by atoms with van der Waals surface area (Å²) < 4.78 is 0. The van der Waals surface area contributed by atoms with Gasteiger partial charge in [0.2, 0.25) is 65.0 Å². The normalized spacial score (nSPS) is 25.8. The van der Waals surface area contributed by atoms with Crippen molar-refractivity contribution in [3.05, 3.63) is 0 Å². The molecule has 11 amide bonds. The SMILES string of the molecule is CCCC1CCC(C(=O)N[C@@H](CCN)C(=O)N[C@H](C(=O)N[C@@H](CCN)C(=O)N[C@H]2CCNC(=O)[C@H]([C@@H](C)O)NC(=O)[C@H](CCN)NC(=O)[C@H](CCN)NC(=O)[C@H](CC(C)C)NC(=O)[C@@H](CC(C)C)NC(=O)[C@H](CCN)NC2=O)[C@@H](C)O)CC1. The van der Waals surface area contributed by atoms with Gasteiger partial charge in [-0.1, -0.05) is 47.5 Å². The number of hydrogen-bond acceptors (Lipinski definition) is 18. The van der Waals surface area contributed by atoms with Crippen molar-refractivity contribution in [3.8, 4) is 0 Å². The molecule has 2 rings (SSSR count). The number of hydrogen-bond donors (Lipinski definition) is 18. The second-order valence-corrected chi connectivity index (χ2v) is 22.7. The number of nitrogens with one attached hydrogen (secondary N) is 11. The minimum Gasteiger partial charge on any atom is -0.391 e. The molecule has 29 nitrogen and oxygen atoms in total. The monoisotopic (exact) mass is 1180 g/mol. The Morgan fingerprint density at radius 2 is 0.940 bits per heavy atom. The molecule has 0 radical (unpaired) electrons. The van der Waals surface area contributed by atoms with E-state index in [9.17, 15) is 63.0 Å². The molecule has 2 fully saturated rings. The molecule has 1 saturated heterocycles. The predicted molar refractivity (Wildman–Crippen MR) is 308 cm³/mol. The van der Waals surface area contributed by atoms with Crippen LogP contribution in [0.1, 0.15) is 138 Å². The van der Waals surface area contributed by atoms with Gasteiger partial charge in [0.15, 0.2) is 0 Å². The molecule has 83 heavy (non-hydrogen) atoms. The van der Waals surface area contributed by atoms with Gasteiger partial charge in [-0.25, -0.2) is 0 Å². The molecule has 23 N–H and O–H groups in total. The summed E-state index contributed by atoms with van der Waals surface area (Å²) >= 11 is 0. The summed E-state index contributed by atoms with van der Waals surface area (Å²) in [5, 5.41) is 49.8. The van der Waals surface area contributed by atoms with Crippen LogP contribution in [0.15, 0.2) is 0 Å². The van der Waals surface area contributed by atoms with Crippen LogP contribution in [0.25, 0.3) is 0 Å². The second kappa shape index (κ2) is 38.0. The Hall–Kier alpha value is -6.11. The maximum Gasteiger partial charge on any atom is 0.245 e. The molecule has 0 aromatic rings. The summed E-state index contributed by atoms with van der Waals surface area (Å²) in [6, 6.07) is -14.5. The molecule has 2 aliphatic rings. The highest BCUT2D eigenvalue weighted by Gasteiger charge is 2.38. The van der Waals surface area contributed by atoms with Crippen LogP contribution in [-0.2, 0) is 52.7 Å². The standard InChI is InChI=1S/C54H100N16O13/c1-8-9-32-10-12-33(13-11-32)44(73)61-37(17-23-58)49(78)70-43(31(7)72)54(83)66-36(16-22-57)46(75)65-39-19-25-60-53(82)42(30(6)71)69-50(79)38(18-24-59)63-45(74)34(14-20-55)64-51(80)40(26-28(2)3)68-52(81)41(27-29(4)5)67-47(76)35(15-21-56)62-48(39)77/h28-43,71-72H,8-27,55-59H2,1-7H3,(H,60,82)(H,61,73)(H,62,77)(H,63,74)(H,64,80)(H,65,75)(H,66,83)(H,67,76)(H,68,81)(H,69,79)(H,70,78)/t30-,31-,32?,33?,34+,35+,36+,37+,38+,39+,40+,41-,42+,43+/m1/s1. The lowest BCUT2D eigenvalue weighted by Gasteiger charge is -2.30. The van der Waals surface area contributed by atoms with Gasteiger partial charge < -0.3 is 97.4 Å². The van der Waals surface area contributed by atoms with Crippen molar-refractivity contribution in [1.82, 2.24) is 58.5 Å². The number of carbonyl (C=O) groups excluding carboxylic acids is 11. The Bertz CT molecular complexity index is 2130. The summed E-state index contributed by atoms with van der Waals surface area (Å²) in [5.41, 5.74) is 29.3. The largest absolute Gasteiger partial charge is 0.391 e. The maximum absolute atomic E-state index is 14.5. The Kier molecular flexibility index (Phi) is 33.4. The third kappa shape index (κ3) is 25.3. The molecular formula is C54H100N16O13. The second-order valence-electron chi connectivity index (χ2n) is 22.7. The Morgan fingerprint density at radius 3 is 1.36 bits per heavy atom. The zero-order chi connectivity index (χ0) is 62.5. The van der Waals surface area contributed by atoms with Crippen LogP contribution in [0.4, 0.5) is 0 Å². The minimum absolute atomic E-state index is 0.000845. The van der Waals surface area contributed by atoms with Gasteiger partial charge in [-0.15, -0.1) is 0 Å². The lowest BCUT2D eigenvalue weighted by atomic mass is 9.79. The third-order valence-corrected chi connectivity index (χ3v) is 14.5. The molecule has 1 saturated carbocycles. The summed E-state index contributed by atoms with van der Waals surface area (Å²) in [6.07, 6.45) is 0.968. The lowest BCUT2D eigenvalue weighted by molar-refractivity contribution is -0.137. The average molecular weight is 1180 g/mol. The zero-order valence-electron chi connectivity index (χ0n) is 49.7. The van der Waals surface area contributed by atoms with E-state index < -0.39 is 145 Å². The van der Waals surface area contributed by atoms with Gasteiger partial charge in [-0.3, -0.25) is 52.7 Å². The predicted octanol–water partition coefficient (Wildman–Crippen LogP) is -5.44. The highest BCUT2D eigenvalue weighted by Crippen LogP contribution is 2.31. The van der Waals surface area contributed by atoms with Crippen LogP contribution in [0.2, 0.25) is 0 Å². The van der Waals surface area contributed by atoms with E-state index in [1.54, 1.807) is 27.7 Å². The highest BCUT2D eigenvalue weighted by atomic mass is 16.3.